The highest BCUT2D eigenvalue weighted by atomic mass is 35.5. The Morgan fingerprint density at radius 1 is 1.24 bits per heavy atom. The SMILES string of the molecule is NCc1ccc(NC(=O)C[C@@H]2CCc3cc(Cl)cc4[nH]c(=O)c(=O)n2c34)c(CCC(=O)O)c1. The Morgan fingerprint density at radius 2 is 2.03 bits per heavy atom. The van der Waals surface area contributed by atoms with Crippen molar-refractivity contribution < 1.29 is 14.7 Å². The Bertz CT molecular complexity index is 1380. The van der Waals surface area contributed by atoms with E-state index >= 15 is 0 Å². The van der Waals surface area contributed by atoms with E-state index in [4.69, 9.17) is 22.4 Å². The first-order chi connectivity index (χ1) is 15.8. The van der Waals surface area contributed by atoms with Crippen LogP contribution in [0.25, 0.3) is 11.0 Å². The third kappa shape index (κ3) is 4.69. The first-order valence-corrected chi connectivity index (χ1v) is 10.9. The van der Waals surface area contributed by atoms with Gasteiger partial charge in [0.05, 0.1) is 11.0 Å². The Kier molecular flexibility index (Phi) is 6.35. The van der Waals surface area contributed by atoms with Crippen molar-refractivity contribution in [1.82, 2.24) is 9.55 Å². The molecular formula is C23H23ClN4O5. The van der Waals surface area contributed by atoms with Crippen molar-refractivity contribution >= 4 is 40.2 Å². The van der Waals surface area contributed by atoms with Gasteiger partial charge in [-0.15, -0.1) is 0 Å². The number of carbonyl (C=O) groups is 2. The lowest BCUT2D eigenvalue weighted by Gasteiger charge is -2.27. The molecule has 5 N–H and O–H groups in total. The number of nitrogens with zero attached hydrogens (tertiary/aromatic N) is 1. The highest BCUT2D eigenvalue weighted by Gasteiger charge is 2.26. The van der Waals surface area contributed by atoms with E-state index in [1.807, 2.05) is 0 Å². The van der Waals surface area contributed by atoms with Gasteiger partial charge in [0, 0.05) is 36.1 Å². The van der Waals surface area contributed by atoms with Crippen molar-refractivity contribution in [2.24, 2.45) is 5.73 Å². The Hall–Kier alpha value is -3.43. The fourth-order valence-corrected chi connectivity index (χ4v) is 4.61. The molecule has 1 amide bonds. The summed E-state index contributed by atoms with van der Waals surface area (Å²) in [5.41, 5.74) is 8.10. The van der Waals surface area contributed by atoms with Crippen molar-refractivity contribution in [2.45, 2.75) is 44.7 Å². The van der Waals surface area contributed by atoms with Crippen LogP contribution in [0.1, 0.15) is 42.0 Å². The van der Waals surface area contributed by atoms with Gasteiger partial charge in [-0.25, -0.2) is 0 Å². The predicted molar refractivity (Wildman–Crippen MR) is 125 cm³/mol. The van der Waals surface area contributed by atoms with Crippen LogP contribution in [-0.4, -0.2) is 26.5 Å². The van der Waals surface area contributed by atoms with E-state index in [1.165, 1.54) is 4.57 Å². The van der Waals surface area contributed by atoms with Crippen molar-refractivity contribution in [3.63, 3.8) is 0 Å². The number of carbonyl (C=O) groups excluding carboxylic acids is 1. The van der Waals surface area contributed by atoms with E-state index in [-0.39, 0.29) is 25.2 Å². The van der Waals surface area contributed by atoms with Gasteiger partial charge < -0.3 is 21.1 Å². The van der Waals surface area contributed by atoms with Crippen molar-refractivity contribution in [3.8, 4) is 0 Å². The quantitative estimate of drug-likeness (QED) is 0.389. The van der Waals surface area contributed by atoms with E-state index in [0.717, 1.165) is 11.1 Å². The first kappa shape index (κ1) is 22.8. The van der Waals surface area contributed by atoms with Crippen LogP contribution in [-0.2, 0) is 29.0 Å². The Labute approximate surface area is 193 Å². The zero-order chi connectivity index (χ0) is 23.7. The number of hydrogen-bond donors (Lipinski definition) is 4. The van der Waals surface area contributed by atoms with E-state index in [9.17, 15) is 19.2 Å². The highest BCUT2D eigenvalue weighted by molar-refractivity contribution is 6.31. The van der Waals surface area contributed by atoms with E-state index in [0.29, 0.717) is 46.7 Å². The molecule has 0 fully saturated rings. The minimum atomic E-state index is -0.941. The highest BCUT2D eigenvalue weighted by Crippen LogP contribution is 2.32. The fourth-order valence-electron chi connectivity index (χ4n) is 4.37. The van der Waals surface area contributed by atoms with Crippen LogP contribution >= 0.6 is 11.6 Å². The minimum Gasteiger partial charge on any atom is -0.481 e. The third-order valence-electron chi connectivity index (χ3n) is 5.88. The molecule has 1 atom stereocenters. The molecule has 172 valence electrons. The maximum atomic E-state index is 12.9. The molecule has 9 nitrogen and oxygen atoms in total. The number of anilines is 1. The second-order valence-corrected chi connectivity index (χ2v) is 8.56. The molecule has 0 spiro atoms. The average molecular weight is 471 g/mol. The summed E-state index contributed by atoms with van der Waals surface area (Å²) in [5.74, 6) is -1.28. The molecule has 2 aromatic carbocycles. The number of rotatable bonds is 7. The summed E-state index contributed by atoms with van der Waals surface area (Å²) >= 11 is 6.15. The number of aryl methyl sites for hydroxylation is 2. The Balaban J connectivity index is 1.62. The van der Waals surface area contributed by atoms with Gasteiger partial charge in [0.25, 0.3) is 0 Å². The molecule has 0 aliphatic carbocycles. The summed E-state index contributed by atoms with van der Waals surface area (Å²) in [7, 11) is 0. The molecule has 1 aliphatic heterocycles. The Morgan fingerprint density at radius 3 is 2.76 bits per heavy atom. The number of hydrogen-bond acceptors (Lipinski definition) is 5. The van der Waals surface area contributed by atoms with Crippen LogP contribution in [0.3, 0.4) is 0 Å². The lowest BCUT2D eigenvalue weighted by molar-refractivity contribution is -0.137. The molecule has 0 unspecified atom stereocenters. The third-order valence-corrected chi connectivity index (χ3v) is 6.09. The lowest BCUT2D eigenvalue weighted by Crippen LogP contribution is -2.41. The number of benzene rings is 2. The van der Waals surface area contributed by atoms with Crippen LogP contribution in [0, 0.1) is 0 Å². The van der Waals surface area contributed by atoms with Crippen molar-refractivity contribution in [1.29, 1.82) is 0 Å². The van der Waals surface area contributed by atoms with Gasteiger partial charge in [0.15, 0.2) is 0 Å². The number of H-pyrrole nitrogens is 1. The van der Waals surface area contributed by atoms with E-state index < -0.39 is 23.1 Å². The van der Waals surface area contributed by atoms with Crippen LogP contribution in [0.5, 0.6) is 0 Å². The van der Waals surface area contributed by atoms with Crippen molar-refractivity contribution in [2.75, 3.05) is 5.32 Å². The topological polar surface area (TPSA) is 147 Å². The van der Waals surface area contributed by atoms with Gasteiger partial charge in [-0.05, 0) is 54.2 Å². The zero-order valence-corrected chi connectivity index (χ0v) is 18.4. The predicted octanol–water partition coefficient (Wildman–Crippen LogP) is 2.34. The number of carboxylic acid groups (broad SMARTS) is 1. The molecule has 0 saturated carbocycles. The van der Waals surface area contributed by atoms with Gasteiger partial charge in [-0.2, -0.15) is 0 Å². The van der Waals surface area contributed by atoms with E-state index in [1.54, 1.807) is 30.3 Å². The number of aromatic nitrogens is 2. The molecule has 10 heteroatoms. The average Bonchev–Trinajstić information content (AvgIpc) is 2.77. The molecule has 3 aromatic rings. The second kappa shape index (κ2) is 9.21. The number of amides is 1. The second-order valence-electron chi connectivity index (χ2n) is 8.12. The molecular weight excluding hydrogens is 448 g/mol. The molecule has 0 bridgehead atoms. The summed E-state index contributed by atoms with van der Waals surface area (Å²) in [6, 6.07) is 8.11. The molecule has 0 radical (unpaired) electrons. The number of halogens is 1. The first-order valence-electron chi connectivity index (χ1n) is 10.6. The molecule has 4 rings (SSSR count). The van der Waals surface area contributed by atoms with Gasteiger partial charge in [0.2, 0.25) is 5.91 Å². The van der Waals surface area contributed by atoms with Gasteiger partial charge in [-0.1, -0.05) is 23.7 Å². The molecule has 1 aromatic heterocycles. The molecule has 2 heterocycles. The maximum absolute atomic E-state index is 12.9. The summed E-state index contributed by atoms with van der Waals surface area (Å²) in [6.07, 6.45) is 1.24. The lowest BCUT2D eigenvalue weighted by atomic mass is 9.96. The summed E-state index contributed by atoms with van der Waals surface area (Å²) in [5, 5.41) is 12.3. The zero-order valence-electron chi connectivity index (χ0n) is 17.7. The van der Waals surface area contributed by atoms with Crippen LogP contribution in [0.4, 0.5) is 5.69 Å². The summed E-state index contributed by atoms with van der Waals surface area (Å²) in [4.78, 5) is 51.4. The fraction of sp³-hybridized carbons (Fsp3) is 0.304. The number of aliphatic carboxylic acids is 1. The summed E-state index contributed by atoms with van der Waals surface area (Å²) in [6.45, 7) is 0.293. The number of nitrogens with two attached hydrogens (primary N) is 1. The molecule has 0 saturated heterocycles. The summed E-state index contributed by atoms with van der Waals surface area (Å²) < 4.78 is 1.39. The van der Waals surface area contributed by atoms with Crippen LogP contribution < -0.4 is 22.2 Å². The number of aromatic amines is 1. The van der Waals surface area contributed by atoms with Gasteiger partial charge in [0.1, 0.15) is 0 Å². The smallest absolute Gasteiger partial charge is 0.317 e. The maximum Gasteiger partial charge on any atom is 0.317 e. The van der Waals surface area contributed by atoms with Crippen LogP contribution in [0.15, 0.2) is 39.9 Å². The molecule has 1 aliphatic rings. The van der Waals surface area contributed by atoms with Gasteiger partial charge in [-0.3, -0.25) is 23.7 Å². The van der Waals surface area contributed by atoms with Gasteiger partial charge >= 0.3 is 17.1 Å². The minimum absolute atomic E-state index is 0.0163. The van der Waals surface area contributed by atoms with Crippen LogP contribution in [0.2, 0.25) is 5.02 Å². The molecule has 33 heavy (non-hydrogen) atoms. The van der Waals surface area contributed by atoms with E-state index in [2.05, 4.69) is 10.3 Å². The van der Waals surface area contributed by atoms with Crippen molar-refractivity contribution in [3.05, 3.63) is 72.8 Å². The monoisotopic (exact) mass is 470 g/mol. The number of carboxylic acids is 1. The normalized spacial score (nSPS) is 14.9. The number of nitrogens with one attached hydrogen (secondary N) is 2. The largest absolute Gasteiger partial charge is 0.481 e. The standard InChI is InChI=1S/C23H23ClN4O5/c24-15-8-14-2-4-16(28-21(14)18(9-15)27-22(32)23(28)33)10-19(29)26-17-5-1-12(11-25)7-13(17)3-6-20(30)31/h1,5,7-9,16H,2-4,6,10-11,25H2,(H,26,29)(H,27,32)(H,30,31)/t16-/m0/s1.